The SMILES string of the molecule is CO[C@H]1C(C(=O)O)O[C@@H](OC2=C(O)C(O)[C@H](O)OC2C(=O)O)C(O)C1O. The number of aliphatic hydroxyl groups is 5. The van der Waals surface area contributed by atoms with E-state index in [0.29, 0.717) is 0 Å². The fraction of sp³-hybridized carbons (Fsp3) is 0.692. The van der Waals surface area contributed by atoms with Gasteiger partial charge in [0.05, 0.1) is 0 Å². The second-order valence-corrected chi connectivity index (χ2v) is 5.50. The first-order valence-electron chi connectivity index (χ1n) is 7.21. The molecular weight excluding hydrogens is 364 g/mol. The lowest BCUT2D eigenvalue weighted by atomic mass is 9.98. The van der Waals surface area contributed by atoms with Gasteiger partial charge in [-0.25, -0.2) is 9.59 Å². The van der Waals surface area contributed by atoms with Gasteiger partial charge in [0, 0.05) is 7.11 Å². The molecule has 0 aromatic rings. The minimum Gasteiger partial charge on any atom is -0.506 e. The first-order valence-corrected chi connectivity index (χ1v) is 7.21. The molecule has 0 aromatic carbocycles. The quantitative estimate of drug-likeness (QED) is 0.246. The smallest absolute Gasteiger partial charge is 0.341 e. The third-order valence-corrected chi connectivity index (χ3v) is 3.84. The first-order chi connectivity index (χ1) is 12.1. The zero-order valence-electron chi connectivity index (χ0n) is 13.2. The van der Waals surface area contributed by atoms with Crippen LogP contribution in [0.4, 0.5) is 0 Å². The molecule has 8 atom stereocenters. The summed E-state index contributed by atoms with van der Waals surface area (Å²) in [5.41, 5.74) is 0. The standard InChI is InChI=1S/C13H18O13/c1-23-6-3(15)5(17)13(26-8(6)10(18)19)25-7-2(14)4(16)12(22)24-9(7)11(20)21/h3-6,8-9,12-17,22H,1H3,(H,18,19)(H,20,21)/t3?,4?,5?,6-,8?,9?,12-,13-/m1/s1. The monoisotopic (exact) mass is 382 g/mol. The number of ether oxygens (including phenoxy) is 4. The lowest BCUT2D eigenvalue weighted by molar-refractivity contribution is -0.297. The van der Waals surface area contributed by atoms with Gasteiger partial charge in [0.1, 0.15) is 18.3 Å². The number of methoxy groups -OCH3 is 1. The van der Waals surface area contributed by atoms with E-state index in [4.69, 9.17) is 24.4 Å². The van der Waals surface area contributed by atoms with Crippen molar-refractivity contribution in [1.82, 2.24) is 0 Å². The summed E-state index contributed by atoms with van der Waals surface area (Å²) in [6, 6.07) is 0. The van der Waals surface area contributed by atoms with Crippen molar-refractivity contribution in [2.75, 3.05) is 7.11 Å². The van der Waals surface area contributed by atoms with Crippen LogP contribution in [0.3, 0.4) is 0 Å². The van der Waals surface area contributed by atoms with Crippen LogP contribution in [0.15, 0.2) is 11.5 Å². The molecule has 0 radical (unpaired) electrons. The third-order valence-electron chi connectivity index (χ3n) is 3.84. The van der Waals surface area contributed by atoms with Crippen LogP contribution in [0.25, 0.3) is 0 Å². The van der Waals surface area contributed by atoms with Crippen molar-refractivity contribution in [3.05, 3.63) is 11.5 Å². The van der Waals surface area contributed by atoms with Crippen LogP contribution in [0, 0.1) is 0 Å². The molecule has 0 saturated carbocycles. The maximum absolute atomic E-state index is 11.2. The summed E-state index contributed by atoms with van der Waals surface area (Å²) in [6.07, 6.45) is -15.2. The number of rotatable bonds is 5. The van der Waals surface area contributed by atoms with Crippen molar-refractivity contribution < 1.29 is 64.3 Å². The molecule has 2 aliphatic heterocycles. The van der Waals surface area contributed by atoms with Gasteiger partial charge < -0.3 is 54.7 Å². The Morgan fingerprint density at radius 3 is 2.12 bits per heavy atom. The molecule has 2 heterocycles. The number of aliphatic hydroxyl groups excluding tert-OH is 5. The fourth-order valence-corrected chi connectivity index (χ4v) is 2.50. The molecular formula is C13H18O13. The van der Waals surface area contributed by atoms with Gasteiger partial charge in [-0.3, -0.25) is 0 Å². The highest BCUT2D eigenvalue weighted by molar-refractivity contribution is 5.76. The molecule has 7 N–H and O–H groups in total. The molecule has 13 heteroatoms. The molecule has 0 aromatic heterocycles. The van der Waals surface area contributed by atoms with E-state index in [1.54, 1.807) is 0 Å². The van der Waals surface area contributed by atoms with Gasteiger partial charge in [-0.15, -0.1) is 0 Å². The highest BCUT2D eigenvalue weighted by Gasteiger charge is 2.51. The fourth-order valence-electron chi connectivity index (χ4n) is 2.50. The summed E-state index contributed by atoms with van der Waals surface area (Å²) in [5, 5.41) is 67.0. The Balaban J connectivity index is 2.32. The average molecular weight is 382 g/mol. The summed E-state index contributed by atoms with van der Waals surface area (Å²) in [5.74, 6) is -5.36. The third kappa shape index (κ3) is 3.59. The van der Waals surface area contributed by atoms with Gasteiger partial charge in [0.25, 0.3) is 0 Å². The molecule has 0 bridgehead atoms. The van der Waals surface area contributed by atoms with Crippen molar-refractivity contribution in [2.45, 2.75) is 49.2 Å². The molecule has 26 heavy (non-hydrogen) atoms. The molecule has 2 aliphatic rings. The highest BCUT2D eigenvalue weighted by atomic mass is 16.7. The van der Waals surface area contributed by atoms with E-state index in [-0.39, 0.29) is 0 Å². The Bertz CT molecular complexity index is 589. The summed E-state index contributed by atoms with van der Waals surface area (Å²) >= 11 is 0. The van der Waals surface area contributed by atoms with Crippen molar-refractivity contribution in [2.24, 2.45) is 0 Å². The van der Waals surface area contributed by atoms with E-state index in [1.165, 1.54) is 0 Å². The van der Waals surface area contributed by atoms with E-state index in [0.717, 1.165) is 7.11 Å². The van der Waals surface area contributed by atoms with Crippen molar-refractivity contribution in [3.8, 4) is 0 Å². The summed E-state index contributed by atoms with van der Waals surface area (Å²) in [4.78, 5) is 22.5. The van der Waals surface area contributed by atoms with Crippen LogP contribution >= 0.6 is 0 Å². The lowest BCUT2D eigenvalue weighted by Gasteiger charge is -2.41. The predicted octanol–water partition coefficient (Wildman–Crippen LogP) is -3.52. The lowest BCUT2D eigenvalue weighted by Crippen LogP contribution is -2.61. The second-order valence-electron chi connectivity index (χ2n) is 5.50. The normalized spacial score (nSPS) is 41.0. The highest BCUT2D eigenvalue weighted by Crippen LogP contribution is 2.31. The minimum atomic E-state index is -2.09. The van der Waals surface area contributed by atoms with Crippen LogP contribution in [0.5, 0.6) is 0 Å². The van der Waals surface area contributed by atoms with Crippen LogP contribution in [-0.4, -0.2) is 104 Å². The van der Waals surface area contributed by atoms with Gasteiger partial charge in [-0.1, -0.05) is 0 Å². The molecule has 0 spiro atoms. The molecule has 2 rings (SSSR count). The maximum atomic E-state index is 11.2. The zero-order chi connectivity index (χ0) is 19.8. The number of carboxylic acids is 2. The largest absolute Gasteiger partial charge is 0.506 e. The summed E-state index contributed by atoms with van der Waals surface area (Å²) < 4.78 is 19.3. The molecule has 13 nitrogen and oxygen atoms in total. The number of hydrogen-bond donors (Lipinski definition) is 7. The molecule has 1 saturated heterocycles. The molecule has 1 fully saturated rings. The minimum absolute atomic E-state index is 0.938. The average Bonchev–Trinajstić information content (AvgIpc) is 2.58. The Morgan fingerprint density at radius 1 is 1.00 bits per heavy atom. The Labute approximate surface area is 145 Å². The van der Waals surface area contributed by atoms with Gasteiger partial charge in [0.2, 0.25) is 12.4 Å². The van der Waals surface area contributed by atoms with E-state index >= 15 is 0 Å². The Morgan fingerprint density at radius 2 is 1.62 bits per heavy atom. The van der Waals surface area contributed by atoms with Crippen molar-refractivity contribution in [3.63, 3.8) is 0 Å². The van der Waals surface area contributed by atoms with Crippen LogP contribution in [-0.2, 0) is 28.5 Å². The van der Waals surface area contributed by atoms with Crippen molar-refractivity contribution in [1.29, 1.82) is 0 Å². The van der Waals surface area contributed by atoms with Crippen LogP contribution < -0.4 is 0 Å². The number of carboxylic acid groups (broad SMARTS) is 2. The van der Waals surface area contributed by atoms with E-state index < -0.39 is 72.7 Å². The Hall–Kier alpha value is -2.00. The maximum Gasteiger partial charge on any atom is 0.341 e. The van der Waals surface area contributed by atoms with E-state index in [2.05, 4.69) is 4.74 Å². The predicted molar refractivity (Wildman–Crippen MR) is 74.4 cm³/mol. The summed E-state index contributed by atoms with van der Waals surface area (Å²) in [6.45, 7) is 0. The van der Waals surface area contributed by atoms with Crippen LogP contribution in [0.2, 0.25) is 0 Å². The summed E-state index contributed by atoms with van der Waals surface area (Å²) in [7, 11) is 1.07. The second kappa shape index (κ2) is 7.71. The zero-order valence-corrected chi connectivity index (χ0v) is 13.2. The first kappa shape index (κ1) is 20.3. The topological polar surface area (TPSA) is 213 Å². The number of hydrogen-bond acceptors (Lipinski definition) is 11. The van der Waals surface area contributed by atoms with E-state index in [9.17, 15) is 35.1 Å². The van der Waals surface area contributed by atoms with Crippen molar-refractivity contribution >= 4 is 11.9 Å². The molecule has 0 aliphatic carbocycles. The molecule has 0 amide bonds. The molecule has 5 unspecified atom stereocenters. The Kier molecular flexibility index (Phi) is 6.02. The van der Waals surface area contributed by atoms with Crippen LogP contribution in [0.1, 0.15) is 0 Å². The number of aliphatic carboxylic acids is 2. The van der Waals surface area contributed by atoms with E-state index in [1.807, 2.05) is 0 Å². The van der Waals surface area contributed by atoms with Gasteiger partial charge in [-0.2, -0.15) is 0 Å². The van der Waals surface area contributed by atoms with Gasteiger partial charge in [-0.05, 0) is 0 Å². The van der Waals surface area contributed by atoms with Gasteiger partial charge in [0.15, 0.2) is 30.0 Å². The number of carbonyl (C=O) groups is 2. The van der Waals surface area contributed by atoms with Gasteiger partial charge >= 0.3 is 11.9 Å². The molecule has 148 valence electrons.